The van der Waals surface area contributed by atoms with E-state index in [4.69, 9.17) is 10.8 Å². The third kappa shape index (κ3) is 8.68. The first-order valence-corrected chi connectivity index (χ1v) is 5.93. The van der Waals surface area contributed by atoms with Crippen molar-refractivity contribution in [3.63, 3.8) is 0 Å². The Kier molecular flexibility index (Phi) is 6.60. The van der Waals surface area contributed by atoms with Crippen molar-refractivity contribution >= 4 is 5.91 Å². The molecule has 16 heavy (non-hydrogen) atoms. The molecule has 0 aliphatic rings. The maximum atomic E-state index is 11.6. The van der Waals surface area contributed by atoms with Crippen LogP contribution in [-0.4, -0.2) is 29.2 Å². The minimum Gasteiger partial charge on any atom is -0.394 e. The van der Waals surface area contributed by atoms with Gasteiger partial charge in [0.05, 0.1) is 12.6 Å². The normalized spacial score (nSPS) is 13.9. The van der Waals surface area contributed by atoms with Gasteiger partial charge in [-0.25, -0.2) is 0 Å². The number of aliphatic hydroxyl groups excluding tert-OH is 1. The van der Waals surface area contributed by atoms with Crippen LogP contribution in [0.3, 0.4) is 0 Å². The lowest BCUT2D eigenvalue weighted by atomic mass is 9.99. The number of aliphatic hydroxyl groups is 1. The summed E-state index contributed by atoms with van der Waals surface area (Å²) in [6.07, 6.45) is 1.87. The Labute approximate surface area is 98.6 Å². The summed E-state index contributed by atoms with van der Waals surface area (Å²) in [6.45, 7) is 7.93. The van der Waals surface area contributed by atoms with Crippen LogP contribution in [0.5, 0.6) is 0 Å². The van der Waals surface area contributed by atoms with Crippen molar-refractivity contribution in [3.05, 3.63) is 0 Å². The highest BCUT2D eigenvalue weighted by Crippen LogP contribution is 2.08. The molecule has 0 fully saturated rings. The zero-order valence-electron chi connectivity index (χ0n) is 10.9. The van der Waals surface area contributed by atoms with Crippen LogP contribution in [0.4, 0.5) is 0 Å². The Hall–Kier alpha value is -0.610. The lowest BCUT2D eigenvalue weighted by Crippen LogP contribution is -2.40. The smallest absolute Gasteiger partial charge is 0.220 e. The van der Waals surface area contributed by atoms with Gasteiger partial charge in [0.25, 0.3) is 0 Å². The van der Waals surface area contributed by atoms with E-state index in [9.17, 15) is 4.79 Å². The Morgan fingerprint density at radius 3 is 2.38 bits per heavy atom. The van der Waals surface area contributed by atoms with Gasteiger partial charge in [-0.05, 0) is 32.6 Å². The summed E-state index contributed by atoms with van der Waals surface area (Å²) in [4.78, 5) is 11.6. The number of hydrogen-bond donors (Lipinski definition) is 3. The number of nitrogens with one attached hydrogen (secondary N) is 1. The molecule has 0 aromatic heterocycles. The zero-order chi connectivity index (χ0) is 12.8. The monoisotopic (exact) mass is 230 g/mol. The van der Waals surface area contributed by atoms with Crippen LogP contribution in [0.2, 0.25) is 0 Å². The molecule has 1 unspecified atom stereocenters. The van der Waals surface area contributed by atoms with Crippen LogP contribution in [-0.2, 0) is 4.79 Å². The minimum absolute atomic E-state index is 0.00403. The van der Waals surface area contributed by atoms with Gasteiger partial charge in [0.2, 0.25) is 5.91 Å². The molecule has 0 aromatic carbocycles. The molecule has 4 heteroatoms. The molecule has 0 saturated carbocycles. The van der Waals surface area contributed by atoms with Gasteiger partial charge in [0.1, 0.15) is 0 Å². The highest BCUT2D eigenvalue weighted by atomic mass is 16.3. The van der Waals surface area contributed by atoms with Gasteiger partial charge in [0.15, 0.2) is 0 Å². The second kappa shape index (κ2) is 6.86. The van der Waals surface area contributed by atoms with Crippen molar-refractivity contribution in [2.45, 2.75) is 58.5 Å². The van der Waals surface area contributed by atoms with E-state index in [-0.39, 0.29) is 24.1 Å². The van der Waals surface area contributed by atoms with Gasteiger partial charge in [0, 0.05) is 12.0 Å². The third-order valence-corrected chi connectivity index (χ3v) is 2.34. The average molecular weight is 230 g/mol. The predicted molar refractivity (Wildman–Crippen MR) is 66.0 cm³/mol. The number of carbonyl (C=O) groups excluding carboxylic acids is 1. The predicted octanol–water partition coefficient (Wildman–Crippen LogP) is 1.03. The molecule has 1 atom stereocenters. The minimum atomic E-state index is -0.315. The fourth-order valence-electron chi connectivity index (χ4n) is 1.48. The fourth-order valence-corrected chi connectivity index (χ4v) is 1.48. The van der Waals surface area contributed by atoms with E-state index >= 15 is 0 Å². The number of hydrogen-bond acceptors (Lipinski definition) is 3. The van der Waals surface area contributed by atoms with Gasteiger partial charge in [-0.3, -0.25) is 4.79 Å². The van der Waals surface area contributed by atoms with Crippen LogP contribution < -0.4 is 11.1 Å². The summed E-state index contributed by atoms with van der Waals surface area (Å²) in [6, 6.07) is -0.131. The first-order chi connectivity index (χ1) is 7.24. The molecular formula is C12H26N2O2. The molecule has 0 rings (SSSR count). The standard InChI is InChI=1S/C12H26N2O2/c1-9(2)7-10(8-15)14-11(16)5-6-12(3,4)13/h9-10,15H,5-8,13H2,1-4H3,(H,14,16). The van der Waals surface area contributed by atoms with E-state index in [0.29, 0.717) is 18.8 Å². The Morgan fingerprint density at radius 2 is 2.00 bits per heavy atom. The Morgan fingerprint density at radius 1 is 1.44 bits per heavy atom. The molecule has 0 heterocycles. The highest BCUT2D eigenvalue weighted by Gasteiger charge is 2.16. The highest BCUT2D eigenvalue weighted by molar-refractivity contribution is 5.76. The number of nitrogens with two attached hydrogens (primary N) is 1. The van der Waals surface area contributed by atoms with Gasteiger partial charge < -0.3 is 16.2 Å². The zero-order valence-corrected chi connectivity index (χ0v) is 10.9. The van der Waals surface area contributed by atoms with Gasteiger partial charge >= 0.3 is 0 Å². The molecule has 0 aromatic rings. The fraction of sp³-hybridized carbons (Fsp3) is 0.917. The van der Waals surface area contributed by atoms with E-state index in [1.54, 1.807) is 0 Å². The third-order valence-electron chi connectivity index (χ3n) is 2.34. The topological polar surface area (TPSA) is 75.3 Å². The average Bonchev–Trinajstić information content (AvgIpc) is 2.12. The Bertz CT molecular complexity index is 210. The Balaban J connectivity index is 3.92. The summed E-state index contributed by atoms with van der Waals surface area (Å²) in [5.41, 5.74) is 5.48. The van der Waals surface area contributed by atoms with Crippen LogP contribution in [0.25, 0.3) is 0 Å². The summed E-state index contributed by atoms with van der Waals surface area (Å²) in [7, 11) is 0. The summed E-state index contributed by atoms with van der Waals surface area (Å²) in [5, 5.41) is 11.9. The van der Waals surface area contributed by atoms with Crippen molar-refractivity contribution in [1.82, 2.24) is 5.32 Å². The molecule has 0 aliphatic heterocycles. The van der Waals surface area contributed by atoms with Gasteiger partial charge in [-0.1, -0.05) is 13.8 Å². The molecule has 0 spiro atoms. The molecule has 0 bridgehead atoms. The molecule has 4 nitrogen and oxygen atoms in total. The van der Waals surface area contributed by atoms with Crippen LogP contribution in [0, 0.1) is 5.92 Å². The molecule has 0 radical (unpaired) electrons. The van der Waals surface area contributed by atoms with Crippen molar-refractivity contribution in [2.24, 2.45) is 11.7 Å². The van der Waals surface area contributed by atoms with E-state index < -0.39 is 0 Å². The van der Waals surface area contributed by atoms with E-state index in [1.165, 1.54) is 0 Å². The SMILES string of the molecule is CC(C)CC(CO)NC(=O)CCC(C)(C)N. The van der Waals surface area contributed by atoms with Gasteiger partial charge in [-0.15, -0.1) is 0 Å². The van der Waals surface area contributed by atoms with Crippen molar-refractivity contribution in [1.29, 1.82) is 0 Å². The lowest BCUT2D eigenvalue weighted by molar-refractivity contribution is -0.122. The number of rotatable bonds is 7. The summed E-state index contributed by atoms with van der Waals surface area (Å²) in [5.74, 6) is 0.432. The lowest BCUT2D eigenvalue weighted by Gasteiger charge is -2.21. The summed E-state index contributed by atoms with van der Waals surface area (Å²) < 4.78 is 0. The van der Waals surface area contributed by atoms with Crippen LogP contribution in [0.15, 0.2) is 0 Å². The maximum Gasteiger partial charge on any atom is 0.220 e. The second-order valence-electron chi connectivity index (χ2n) is 5.57. The first kappa shape index (κ1) is 15.4. The largest absolute Gasteiger partial charge is 0.394 e. The van der Waals surface area contributed by atoms with Crippen molar-refractivity contribution in [3.8, 4) is 0 Å². The maximum absolute atomic E-state index is 11.6. The molecular weight excluding hydrogens is 204 g/mol. The van der Waals surface area contributed by atoms with Crippen LogP contribution >= 0.6 is 0 Å². The number of amides is 1. The van der Waals surface area contributed by atoms with Crippen LogP contribution in [0.1, 0.15) is 47.0 Å². The molecule has 0 aliphatic carbocycles. The van der Waals surface area contributed by atoms with Gasteiger partial charge in [-0.2, -0.15) is 0 Å². The molecule has 96 valence electrons. The van der Waals surface area contributed by atoms with E-state index in [1.807, 2.05) is 13.8 Å². The van der Waals surface area contributed by atoms with E-state index in [2.05, 4.69) is 19.2 Å². The number of carbonyl (C=O) groups is 1. The summed E-state index contributed by atoms with van der Waals surface area (Å²) >= 11 is 0. The molecule has 4 N–H and O–H groups in total. The van der Waals surface area contributed by atoms with Crippen molar-refractivity contribution in [2.75, 3.05) is 6.61 Å². The second-order valence-corrected chi connectivity index (χ2v) is 5.57. The molecule has 0 saturated heterocycles. The quantitative estimate of drug-likeness (QED) is 0.611. The molecule has 1 amide bonds. The van der Waals surface area contributed by atoms with Crippen molar-refractivity contribution < 1.29 is 9.90 Å². The van der Waals surface area contributed by atoms with E-state index in [0.717, 1.165) is 6.42 Å². The first-order valence-electron chi connectivity index (χ1n) is 5.93.